The first kappa shape index (κ1) is 11.2. The second-order valence-electron chi connectivity index (χ2n) is 3.05. The SMILES string of the molecule is CCc1c(Cl)nc(-c2cnccn2)nc1Cl. The molecule has 0 bridgehead atoms. The Morgan fingerprint density at radius 1 is 1.12 bits per heavy atom. The molecule has 0 spiro atoms. The van der Waals surface area contributed by atoms with Gasteiger partial charge in [0, 0.05) is 18.0 Å². The van der Waals surface area contributed by atoms with Gasteiger partial charge in [-0.3, -0.25) is 4.98 Å². The van der Waals surface area contributed by atoms with Gasteiger partial charge in [-0.1, -0.05) is 30.1 Å². The molecule has 0 N–H and O–H groups in total. The molecule has 6 heteroatoms. The molecule has 0 aliphatic heterocycles. The molecule has 0 unspecified atom stereocenters. The molecule has 2 aromatic heterocycles. The molecular formula is C10H8Cl2N4. The summed E-state index contributed by atoms with van der Waals surface area (Å²) < 4.78 is 0. The topological polar surface area (TPSA) is 51.6 Å². The third-order valence-electron chi connectivity index (χ3n) is 2.05. The van der Waals surface area contributed by atoms with E-state index < -0.39 is 0 Å². The summed E-state index contributed by atoms with van der Waals surface area (Å²) in [6.07, 6.45) is 5.40. The van der Waals surface area contributed by atoms with Crippen LogP contribution in [0.15, 0.2) is 18.6 Å². The first-order chi connectivity index (χ1) is 7.72. The van der Waals surface area contributed by atoms with E-state index in [4.69, 9.17) is 23.2 Å². The van der Waals surface area contributed by atoms with Gasteiger partial charge in [-0.25, -0.2) is 15.0 Å². The lowest BCUT2D eigenvalue weighted by atomic mass is 10.2. The van der Waals surface area contributed by atoms with E-state index in [-0.39, 0.29) is 0 Å². The Kier molecular flexibility index (Phi) is 3.31. The largest absolute Gasteiger partial charge is 0.261 e. The second-order valence-corrected chi connectivity index (χ2v) is 3.77. The molecule has 4 nitrogen and oxygen atoms in total. The quantitative estimate of drug-likeness (QED) is 0.774. The number of halogens is 2. The average Bonchev–Trinajstić information content (AvgIpc) is 2.30. The molecule has 0 radical (unpaired) electrons. The molecule has 2 aromatic rings. The fourth-order valence-electron chi connectivity index (χ4n) is 1.25. The van der Waals surface area contributed by atoms with Crippen LogP contribution in [0.25, 0.3) is 11.5 Å². The molecule has 2 heterocycles. The van der Waals surface area contributed by atoms with Gasteiger partial charge in [-0.05, 0) is 6.42 Å². The molecular weight excluding hydrogens is 247 g/mol. The molecule has 0 saturated heterocycles. The van der Waals surface area contributed by atoms with Crippen molar-refractivity contribution in [2.24, 2.45) is 0 Å². The Morgan fingerprint density at radius 3 is 2.31 bits per heavy atom. The van der Waals surface area contributed by atoms with Crippen molar-refractivity contribution in [2.75, 3.05) is 0 Å². The molecule has 2 rings (SSSR count). The second kappa shape index (κ2) is 4.72. The van der Waals surface area contributed by atoms with Crippen LogP contribution >= 0.6 is 23.2 Å². The molecule has 0 aliphatic rings. The monoisotopic (exact) mass is 254 g/mol. The van der Waals surface area contributed by atoms with Crippen LogP contribution < -0.4 is 0 Å². The van der Waals surface area contributed by atoms with Gasteiger partial charge in [0.05, 0.1) is 6.20 Å². The van der Waals surface area contributed by atoms with Crippen LogP contribution in [0.1, 0.15) is 12.5 Å². The molecule has 16 heavy (non-hydrogen) atoms. The van der Waals surface area contributed by atoms with Crippen molar-refractivity contribution in [1.82, 2.24) is 19.9 Å². The number of rotatable bonds is 2. The highest BCUT2D eigenvalue weighted by molar-refractivity contribution is 6.34. The minimum atomic E-state index is 0.364. The Hall–Kier alpha value is -1.26. The summed E-state index contributed by atoms with van der Waals surface area (Å²) in [6, 6.07) is 0. The van der Waals surface area contributed by atoms with Crippen molar-refractivity contribution in [3.8, 4) is 11.5 Å². The minimum Gasteiger partial charge on any atom is -0.261 e. The van der Waals surface area contributed by atoms with E-state index in [2.05, 4.69) is 19.9 Å². The van der Waals surface area contributed by atoms with E-state index in [1.165, 1.54) is 0 Å². The highest BCUT2D eigenvalue weighted by Gasteiger charge is 2.11. The molecule has 0 fully saturated rings. The minimum absolute atomic E-state index is 0.364. The fourth-order valence-corrected chi connectivity index (χ4v) is 1.91. The van der Waals surface area contributed by atoms with E-state index >= 15 is 0 Å². The van der Waals surface area contributed by atoms with Crippen LogP contribution in [0.4, 0.5) is 0 Å². The van der Waals surface area contributed by atoms with E-state index in [1.54, 1.807) is 18.6 Å². The standard InChI is InChI=1S/C10H8Cl2N4/c1-2-6-8(11)15-10(16-9(6)12)7-5-13-3-4-14-7/h3-5H,2H2,1H3. The van der Waals surface area contributed by atoms with E-state index in [9.17, 15) is 0 Å². The summed E-state index contributed by atoms with van der Waals surface area (Å²) in [6.45, 7) is 1.94. The smallest absolute Gasteiger partial charge is 0.182 e. The Morgan fingerprint density at radius 2 is 1.81 bits per heavy atom. The number of nitrogens with zero attached hydrogens (tertiary/aromatic N) is 4. The molecule has 0 atom stereocenters. The summed E-state index contributed by atoms with van der Waals surface area (Å²) >= 11 is 12.0. The zero-order valence-corrected chi connectivity index (χ0v) is 10.00. The van der Waals surface area contributed by atoms with Crippen molar-refractivity contribution >= 4 is 23.2 Å². The van der Waals surface area contributed by atoms with Crippen molar-refractivity contribution < 1.29 is 0 Å². The number of aromatic nitrogens is 4. The lowest BCUT2D eigenvalue weighted by Crippen LogP contribution is -1.98. The summed E-state index contributed by atoms with van der Waals surface area (Å²) in [5, 5.41) is 0.728. The molecule has 0 aliphatic carbocycles. The zero-order chi connectivity index (χ0) is 11.5. The van der Waals surface area contributed by atoms with Gasteiger partial charge < -0.3 is 0 Å². The Bertz CT molecular complexity index is 478. The summed E-state index contributed by atoms with van der Waals surface area (Å²) in [5.74, 6) is 0.389. The van der Waals surface area contributed by atoms with Gasteiger partial charge >= 0.3 is 0 Å². The van der Waals surface area contributed by atoms with Crippen LogP contribution in [-0.2, 0) is 6.42 Å². The predicted octanol–water partition coefficient (Wildman–Crippen LogP) is 2.80. The van der Waals surface area contributed by atoms with Gasteiger partial charge in [-0.15, -0.1) is 0 Å². The van der Waals surface area contributed by atoms with Gasteiger partial charge in [0.25, 0.3) is 0 Å². The third-order valence-corrected chi connectivity index (χ3v) is 2.68. The average molecular weight is 255 g/mol. The first-order valence-corrected chi connectivity index (χ1v) is 5.46. The van der Waals surface area contributed by atoms with Crippen molar-refractivity contribution in [3.63, 3.8) is 0 Å². The van der Waals surface area contributed by atoms with Gasteiger partial charge in [0.1, 0.15) is 16.0 Å². The van der Waals surface area contributed by atoms with E-state index in [0.717, 1.165) is 5.56 Å². The van der Waals surface area contributed by atoms with Gasteiger partial charge in [-0.2, -0.15) is 0 Å². The lowest BCUT2D eigenvalue weighted by Gasteiger charge is -2.05. The molecule has 0 aromatic carbocycles. The molecule has 0 amide bonds. The van der Waals surface area contributed by atoms with E-state index in [0.29, 0.717) is 28.2 Å². The van der Waals surface area contributed by atoms with Crippen LogP contribution in [0.3, 0.4) is 0 Å². The maximum atomic E-state index is 6.00. The van der Waals surface area contributed by atoms with Crippen LogP contribution in [0.5, 0.6) is 0 Å². The van der Waals surface area contributed by atoms with Crippen LogP contribution in [0, 0.1) is 0 Å². The summed E-state index contributed by atoms with van der Waals surface area (Å²) in [7, 11) is 0. The van der Waals surface area contributed by atoms with Crippen molar-refractivity contribution in [2.45, 2.75) is 13.3 Å². The molecule has 82 valence electrons. The van der Waals surface area contributed by atoms with Crippen molar-refractivity contribution in [1.29, 1.82) is 0 Å². The van der Waals surface area contributed by atoms with Crippen molar-refractivity contribution in [3.05, 3.63) is 34.5 Å². The van der Waals surface area contributed by atoms with Gasteiger partial charge in [0.15, 0.2) is 5.82 Å². The van der Waals surface area contributed by atoms with E-state index in [1.807, 2.05) is 6.92 Å². The summed E-state index contributed by atoms with van der Waals surface area (Å²) in [4.78, 5) is 16.3. The highest BCUT2D eigenvalue weighted by Crippen LogP contribution is 2.24. The maximum Gasteiger partial charge on any atom is 0.182 e. The third kappa shape index (κ3) is 2.13. The maximum absolute atomic E-state index is 6.00. The molecule has 0 saturated carbocycles. The lowest BCUT2D eigenvalue weighted by molar-refractivity contribution is 1.04. The zero-order valence-electron chi connectivity index (χ0n) is 8.48. The predicted molar refractivity (Wildman–Crippen MR) is 62.5 cm³/mol. The normalized spacial score (nSPS) is 10.4. The first-order valence-electron chi connectivity index (χ1n) is 4.70. The van der Waals surface area contributed by atoms with Crippen LogP contribution in [0.2, 0.25) is 10.3 Å². The summed E-state index contributed by atoms with van der Waals surface area (Å²) in [5.41, 5.74) is 1.30. The number of hydrogen-bond acceptors (Lipinski definition) is 4. The van der Waals surface area contributed by atoms with Crippen LogP contribution in [-0.4, -0.2) is 19.9 Å². The Balaban J connectivity index is 2.53. The number of hydrogen-bond donors (Lipinski definition) is 0. The van der Waals surface area contributed by atoms with Gasteiger partial charge in [0.2, 0.25) is 0 Å². The Labute approximate surface area is 103 Å². The highest BCUT2D eigenvalue weighted by atomic mass is 35.5. The fraction of sp³-hybridized carbons (Fsp3) is 0.200.